The lowest BCUT2D eigenvalue weighted by Gasteiger charge is -2.21. The molecule has 2 heterocycles. The van der Waals surface area contributed by atoms with E-state index in [1.807, 2.05) is 37.4 Å². The number of ether oxygens (including phenoxy) is 2. The number of nitrogens with one attached hydrogen (secondary N) is 1. The summed E-state index contributed by atoms with van der Waals surface area (Å²) in [6.45, 7) is 2.29. The Kier molecular flexibility index (Phi) is 5.27. The maximum atomic E-state index is 10.8. The lowest BCUT2D eigenvalue weighted by atomic mass is 10.1. The quantitative estimate of drug-likeness (QED) is 0.544. The van der Waals surface area contributed by atoms with E-state index in [9.17, 15) is 5.11 Å². The van der Waals surface area contributed by atoms with E-state index in [-0.39, 0.29) is 5.75 Å². The van der Waals surface area contributed by atoms with Gasteiger partial charge in [0.15, 0.2) is 17.2 Å². The maximum absolute atomic E-state index is 10.8. The van der Waals surface area contributed by atoms with Gasteiger partial charge in [-0.3, -0.25) is 0 Å². The Morgan fingerprint density at radius 2 is 2.11 bits per heavy atom. The van der Waals surface area contributed by atoms with Crippen LogP contribution in [0, 0.1) is 0 Å². The molecule has 1 aliphatic rings. The van der Waals surface area contributed by atoms with Crippen LogP contribution in [-0.2, 0) is 0 Å². The molecule has 28 heavy (non-hydrogen) atoms. The molecular formula is C19H17BrN4O3S. The van der Waals surface area contributed by atoms with E-state index in [1.54, 1.807) is 12.1 Å². The zero-order valence-corrected chi connectivity index (χ0v) is 17.5. The van der Waals surface area contributed by atoms with Crippen molar-refractivity contribution in [3.8, 4) is 28.6 Å². The van der Waals surface area contributed by atoms with Crippen LogP contribution in [0.15, 0.2) is 46.0 Å². The van der Waals surface area contributed by atoms with E-state index >= 15 is 0 Å². The molecule has 4 rings (SSSR count). The van der Waals surface area contributed by atoms with Gasteiger partial charge >= 0.3 is 0 Å². The fraction of sp³-hybridized carbons (Fsp3) is 0.211. The van der Waals surface area contributed by atoms with Crippen molar-refractivity contribution in [2.24, 2.45) is 0 Å². The number of benzene rings is 2. The molecule has 0 saturated heterocycles. The average Bonchev–Trinajstić information content (AvgIpc) is 2.86. The average molecular weight is 461 g/mol. The molecule has 0 fully saturated rings. The Morgan fingerprint density at radius 3 is 2.89 bits per heavy atom. The third kappa shape index (κ3) is 3.47. The summed E-state index contributed by atoms with van der Waals surface area (Å²) in [7, 11) is 0. The molecule has 0 aliphatic carbocycles. The van der Waals surface area contributed by atoms with Gasteiger partial charge < -0.3 is 19.9 Å². The van der Waals surface area contributed by atoms with E-state index in [4.69, 9.17) is 9.47 Å². The Morgan fingerprint density at radius 1 is 1.29 bits per heavy atom. The lowest BCUT2D eigenvalue weighted by molar-refractivity contribution is 0.218. The Balaban J connectivity index is 1.87. The molecular weight excluding hydrogens is 444 g/mol. The van der Waals surface area contributed by atoms with Crippen LogP contribution in [0.1, 0.15) is 18.7 Å². The van der Waals surface area contributed by atoms with Gasteiger partial charge in [0.1, 0.15) is 0 Å². The molecule has 0 amide bonds. The van der Waals surface area contributed by atoms with Crippen LogP contribution in [0.3, 0.4) is 0 Å². The third-order valence-corrected chi connectivity index (χ3v) is 5.16. The van der Waals surface area contributed by atoms with Crippen LogP contribution in [0.5, 0.6) is 17.4 Å². The van der Waals surface area contributed by atoms with Gasteiger partial charge in [0, 0.05) is 15.7 Å². The number of hydrogen-bond acceptors (Lipinski definition) is 8. The topological polar surface area (TPSA) is 89.4 Å². The molecule has 0 spiro atoms. The summed E-state index contributed by atoms with van der Waals surface area (Å²) < 4.78 is 12.5. The summed E-state index contributed by atoms with van der Waals surface area (Å²) in [6.07, 6.45) is 1.17. The molecule has 3 aromatic rings. The van der Waals surface area contributed by atoms with Gasteiger partial charge in [-0.15, -0.1) is 10.2 Å². The maximum Gasteiger partial charge on any atom is 0.247 e. The highest BCUT2D eigenvalue weighted by Crippen LogP contribution is 2.43. The van der Waals surface area contributed by atoms with Crippen molar-refractivity contribution in [3.63, 3.8) is 0 Å². The van der Waals surface area contributed by atoms with E-state index in [0.29, 0.717) is 34.7 Å². The standard InChI is InChI=1S/C19H17BrN4O3S/c1-3-26-14-9-10(20)8-12(16(14)25)17-21-13-7-5-4-6-11(13)15-18(27-17)22-19(28-2)24-23-15/h4-9,17,21,25H,3H2,1-2H3/t17-/m0/s1. The summed E-state index contributed by atoms with van der Waals surface area (Å²) >= 11 is 4.85. The highest BCUT2D eigenvalue weighted by Gasteiger charge is 2.28. The van der Waals surface area contributed by atoms with Crippen LogP contribution in [0.2, 0.25) is 0 Å². The molecule has 0 saturated carbocycles. The zero-order chi connectivity index (χ0) is 19.7. The molecule has 2 N–H and O–H groups in total. The van der Waals surface area contributed by atoms with Crippen molar-refractivity contribution in [3.05, 3.63) is 46.4 Å². The molecule has 144 valence electrons. The molecule has 1 aromatic heterocycles. The first-order chi connectivity index (χ1) is 13.6. The van der Waals surface area contributed by atoms with Gasteiger partial charge in [-0.2, -0.15) is 4.98 Å². The molecule has 1 atom stereocenters. The molecule has 0 bridgehead atoms. The highest BCUT2D eigenvalue weighted by atomic mass is 79.9. The van der Waals surface area contributed by atoms with Crippen LogP contribution in [-0.4, -0.2) is 33.2 Å². The second-order valence-electron chi connectivity index (χ2n) is 5.91. The molecule has 7 nitrogen and oxygen atoms in total. The van der Waals surface area contributed by atoms with Crippen molar-refractivity contribution < 1.29 is 14.6 Å². The second-order valence-corrected chi connectivity index (χ2v) is 7.60. The summed E-state index contributed by atoms with van der Waals surface area (Å²) in [5, 5.41) is 23.0. The number of anilines is 1. The number of rotatable bonds is 4. The Hall–Kier alpha value is -2.52. The minimum absolute atomic E-state index is 0.00980. The largest absolute Gasteiger partial charge is 0.504 e. The first-order valence-electron chi connectivity index (χ1n) is 8.57. The normalized spacial score (nSPS) is 14.9. The van der Waals surface area contributed by atoms with E-state index in [1.165, 1.54) is 11.8 Å². The van der Waals surface area contributed by atoms with Gasteiger partial charge in [0.25, 0.3) is 0 Å². The fourth-order valence-electron chi connectivity index (χ4n) is 2.93. The summed E-state index contributed by atoms with van der Waals surface area (Å²) in [4.78, 5) is 4.48. The van der Waals surface area contributed by atoms with E-state index in [0.717, 1.165) is 15.7 Å². The van der Waals surface area contributed by atoms with E-state index in [2.05, 4.69) is 36.4 Å². The summed E-state index contributed by atoms with van der Waals surface area (Å²) in [5.74, 6) is 0.732. The predicted molar refractivity (Wildman–Crippen MR) is 111 cm³/mol. The number of halogens is 1. The smallest absolute Gasteiger partial charge is 0.247 e. The Labute approximate surface area is 174 Å². The molecule has 1 aliphatic heterocycles. The lowest BCUT2D eigenvalue weighted by Crippen LogP contribution is -2.17. The fourth-order valence-corrected chi connectivity index (χ4v) is 3.69. The number of phenolic OH excluding ortho intramolecular Hbond substituents is 1. The predicted octanol–water partition coefficient (Wildman–Crippen LogP) is 4.63. The number of nitrogens with zero attached hydrogens (tertiary/aromatic N) is 3. The number of fused-ring (bicyclic) bond motifs is 3. The van der Waals surface area contributed by atoms with Gasteiger partial charge in [-0.05, 0) is 31.4 Å². The number of para-hydroxylation sites is 1. The Bertz CT molecular complexity index is 1030. The van der Waals surface area contributed by atoms with Crippen LogP contribution >= 0.6 is 27.7 Å². The number of aromatic hydroxyl groups is 1. The highest BCUT2D eigenvalue weighted by molar-refractivity contribution is 9.10. The molecule has 2 aromatic carbocycles. The van der Waals surface area contributed by atoms with Crippen molar-refractivity contribution in [1.82, 2.24) is 15.2 Å². The number of thioether (sulfide) groups is 1. The molecule has 9 heteroatoms. The van der Waals surface area contributed by atoms with Crippen LogP contribution < -0.4 is 14.8 Å². The van der Waals surface area contributed by atoms with Gasteiger partial charge in [-0.1, -0.05) is 45.9 Å². The molecule has 0 unspecified atom stereocenters. The van der Waals surface area contributed by atoms with Gasteiger partial charge in [-0.25, -0.2) is 0 Å². The second kappa shape index (κ2) is 7.84. The van der Waals surface area contributed by atoms with Crippen molar-refractivity contribution in [1.29, 1.82) is 0 Å². The van der Waals surface area contributed by atoms with Crippen molar-refractivity contribution in [2.75, 3.05) is 18.2 Å². The van der Waals surface area contributed by atoms with Crippen LogP contribution in [0.4, 0.5) is 5.69 Å². The third-order valence-electron chi connectivity index (χ3n) is 4.17. The molecule has 0 radical (unpaired) electrons. The summed E-state index contributed by atoms with van der Waals surface area (Å²) in [5.41, 5.74) is 2.69. The van der Waals surface area contributed by atoms with Crippen molar-refractivity contribution >= 4 is 33.4 Å². The minimum atomic E-state index is -0.703. The van der Waals surface area contributed by atoms with Gasteiger partial charge in [0.05, 0.1) is 12.2 Å². The minimum Gasteiger partial charge on any atom is -0.504 e. The van der Waals surface area contributed by atoms with Crippen molar-refractivity contribution in [2.45, 2.75) is 18.3 Å². The summed E-state index contributed by atoms with van der Waals surface area (Å²) in [6, 6.07) is 11.2. The van der Waals surface area contributed by atoms with E-state index < -0.39 is 6.23 Å². The monoisotopic (exact) mass is 460 g/mol. The van der Waals surface area contributed by atoms with Gasteiger partial charge in [0.2, 0.25) is 17.3 Å². The first-order valence-corrected chi connectivity index (χ1v) is 10.6. The zero-order valence-electron chi connectivity index (χ0n) is 15.1. The number of hydrogen-bond donors (Lipinski definition) is 2. The first kappa shape index (κ1) is 18.8. The number of phenols is 1. The number of aromatic nitrogens is 3. The SMILES string of the molecule is CCOc1cc(Br)cc([C@H]2Nc3ccccc3-c3nnc(SC)nc3O2)c1O. The van der Waals surface area contributed by atoms with Crippen LogP contribution in [0.25, 0.3) is 11.3 Å².